The summed E-state index contributed by atoms with van der Waals surface area (Å²) in [5.41, 5.74) is 2.98. The van der Waals surface area contributed by atoms with Gasteiger partial charge in [0.1, 0.15) is 5.82 Å². The second kappa shape index (κ2) is 7.68. The lowest BCUT2D eigenvalue weighted by molar-refractivity contribution is -0.0923. The lowest BCUT2D eigenvalue weighted by Crippen LogP contribution is -2.32. The third kappa shape index (κ3) is 4.37. The highest BCUT2D eigenvalue weighted by Crippen LogP contribution is 2.22. The van der Waals surface area contributed by atoms with Crippen molar-refractivity contribution in [3.8, 4) is 11.3 Å². The maximum Gasteiger partial charge on any atom is 0.123 e. The van der Waals surface area contributed by atoms with Crippen LogP contribution in [0.3, 0.4) is 0 Å². The average Bonchev–Trinajstić information content (AvgIpc) is 3.03. The fourth-order valence-electron chi connectivity index (χ4n) is 2.73. The van der Waals surface area contributed by atoms with Gasteiger partial charge in [0.15, 0.2) is 0 Å². The molecule has 6 heteroatoms. The van der Waals surface area contributed by atoms with Gasteiger partial charge in [0.2, 0.25) is 0 Å². The maximum absolute atomic E-state index is 13.1. The molecule has 0 aliphatic carbocycles. The van der Waals surface area contributed by atoms with E-state index < -0.39 is 0 Å². The zero-order valence-corrected chi connectivity index (χ0v) is 13.3. The van der Waals surface area contributed by atoms with E-state index >= 15 is 0 Å². The Kier molecular flexibility index (Phi) is 5.38. The first kappa shape index (κ1) is 16.1. The number of ether oxygens (including phenoxy) is 2. The van der Waals surface area contributed by atoms with Crippen LogP contribution in [0.1, 0.15) is 12.0 Å². The zero-order chi connectivity index (χ0) is 16.1. The van der Waals surface area contributed by atoms with Gasteiger partial charge in [-0.2, -0.15) is 5.10 Å². The number of nitrogens with one attached hydrogen (secondary N) is 1. The van der Waals surface area contributed by atoms with Gasteiger partial charge >= 0.3 is 0 Å². The molecule has 0 spiro atoms. The fourth-order valence-corrected chi connectivity index (χ4v) is 2.73. The molecule has 1 saturated heterocycles. The summed E-state index contributed by atoms with van der Waals surface area (Å²) in [6.07, 6.45) is 2.96. The average molecular weight is 319 g/mol. The molecule has 23 heavy (non-hydrogen) atoms. The highest BCUT2D eigenvalue weighted by atomic mass is 19.1. The molecule has 0 saturated carbocycles. The molecule has 1 aliphatic heterocycles. The van der Waals surface area contributed by atoms with E-state index in [0.717, 1.165) is 36.3 Å². The highest BCUT2D eigenvalue weighted by Gasteiger charge is 2.16. The summed E-state index contributed by atoms with van der Waals surface area (Å²) in [5.74, 6) is -0.235. The van der Waals surface area contributed by atoms with Gasteiger partial charge < -0.3 is 14.4 Å². The van der Waals surface area contributed by atoms with E-state index in [4.69, 9.17) is 9.47 Å². The minimum absolute atomic E-state index is 0.187. The Morgan fingerprint density at radius 2 is 2.13 bits per heavy atom. The van der Waals surface area contributed by atoms with Crippen LogP contribution in [0.4, 0.5) is 4.39 Å². The SMILES string of the molecule is CN(CCC1COCCO1)Cc1cn[nH]c1-c1ccc(F)cc1. The van der Waals surface area contributed by atoms with E-state index in [0.29, 0.717) is 19.8 Å². The Balaban J connectivity index is 1.57. The molecule has 1 N–H and O–H groups in total. The third-order valence-electron chi connectivity index (χ3n) is 4.01. The van der Waals surface area contributed by atoms with Gasteiger partial charge in [-0.05, 0) is 37.7 Å². The van der Waals surface area contributed by atoms with Gasteiger partial charge in [0.25, 0.3) is 0 Å². The highest BCUT2D eigenvalue weighted by molar-refractivity contribution is 5.62. The summed E-state index contributed by atoms with van der Waals surface area (Å²) in [6, 6.07) is 6.45. The lowest BCUT2D eigenvalue weighted by Gasteiger charge is -2.25. The zero-order valence-electron chi connectivity index (χ0n) is 13.3. The summed E-state index contributed by atoms with van der Waals surface area (Å²) < 4.78 is 24.1. The quantitative estimate of drug-likeness (QED) is 0.888. The molecule has 124 valence electrons. The number of hydrogen-bond donors (Lipinski definition) is 1. The molecule has 1 aromatic carbocycles. The third-order valence-corrected chi connectivity index (χ3v) is 4.01. The van der Waals surface area contributed by atoms with Crippen LogP contribution in [0.5, 0.6) is 0 Å². The second-order valence-corrected chi connectivity index (χ2v) is 5.87. The van der Waals surface area contributed by atoms with Crippen molar-refractivity contribution in [3.63, 3.8) is 0 Å². The van der Waals surface area contributed by atoms with E-state index in [1.807, 2.05) is 6.20 Å². The number of aromatic amines is 1. The van der Waals surface area contributed by atoms with Crippen molar-refractivity contribution in [2.45, 2.75) is 19.1 Å². The Bertz CT molecular complexity index is 609. The standard InChI is InChI=1S/C17H22FN3O2/c1-21(7-6-16-12-22-8-9-23-16)11-14-10-19-20-17(14)13-2-4-15(18)5-3-13/h2-5,10,16H,6-9,11-12H2,1H3,(H,19,20). The van der Waals surface area contributed by atoms with E-state index in [1.165, 1.54) is 12.1 Å². The Morgan fingerprint density at radius 1 is 1.30 bits per heavy atom. The van der Waals surface area contributed by atoms with E-state index in [1.54, 1.807) is 12.1 Å². The van der Waals surface area contributed by atoms with Crippen molar-refractivity contribution in [1.82, 2.24) is 15.1 Å². The molecular formula is C17H22FN3O2. The summed E-state index contributed by atoms with van der Waals surface area (Å²) in [7, 11) is 2.07. The molecule has 1 aliphatic rings. The normalized spacial score (nSPS) is 18.5. The summed E-state index contributed by atoms with van der Waals surface area (Å²) in [6.45, 7) is 3.76. The minimum Gasteiger partial charge on any atom is -0.376 e. The van der Waals surface area contributed by atoms with Gasteiger partial charge in [0.05, 0.1) is 37.8 Å². The van der Waals surface area contributed by atoms with Gasteiger partial charge in [-0.25, -0.2) is 4.39 Å². The molecule has 0 radical (unpaired) electrons. The van der Waals surface area contributed by atoms with E-state index in [9.17, 15) is 4.39 Å². The summed E-state index contributed by atoms with van der Waals surface area (Å²) in [5, 5.41) is 7.14. The second-order valence-electron chi connectivity index (χ2n) is 5.87. The van der Waals surface area contributed by atoms with Crippen molar-refractivity contribution in [3.05, 3.63) is 41.8 Å². The van der Waals surface area contributed by atoms with Crippen LogP contribution in [0, 0.1) is 5.82 Å². The number of H-pyrrole nitrogens is 1. The number of aromatic nitrogens is 2. The van der Waals surface area contributed by atoms with Crippen molar-refractivity contribution < 1.29 is 13.9 Å². The monoisotopic (exact) mass is 319 g/mol. The maximum atomic E-state index is 13.1. The van der Waals surface area contributed by atoms with Crippen LogP contribution in [0.2, 0.25) is 0 Å². The first-order valence-corrected chi connectivity index (χ1v) is 7.88. The number of halogens is 1. The van der Waals surface area contributed by atoms with Crippen LogP contribution >= 0.6 is 0 Å². The summed E-state index contributed by atoms with van der Waals surface area (Å²) in [4.78, 5) is 2.23. The smallest absolute Gasteiger partial charge is 0.123 e. The van der Waals surface area contributed by atoms with Crippen LogP contribution in [0.15, 0.2) is 30.5 Å². The molecule has 0 amide bonds. The largest absolute Gasteiger partial charge is 0.376 e. The van der Waals surface area contributed by atoms with Gasteiger partial charge in [-0.1, -0.05) is 0 Å². The number of benzene rings is 1. The van der Waals surface area contributed by atoms with Crippen molar-refractivity contribution in [1.29, 1.82) is 0 Å². The fraction of sp³-hybridized carbons (Fsp3) is 0.471. The number of nitrogens with zero attached hydrogens (tertiary/aromatic N) is 2. The first-order valence-electron chi connectivity index (χ1n) is 7.88. The van der Waals surface area contributed by atoms with E-state index in [2.05, 4.69) is 22.1 Å². The molecule has 1 fully saturated rings. The van der Waals surface area contributed by atoms with Gasteiger partial charge in [0, 0.05) is 24.2 Å². The molecule has 1 aromatic heterocycles. The van der Waals surface area contributed by atoms with E-state index in [-0.39, 0.29) is 11.9 Å². The molecule has 2 heterocycles. The van der Waals surface area contributed by atoms with Crippen LogP contribution in [0.25, 0.3) is 11.3 Å². The molecule has 2 aromatic rings. The number of rotatable bonds is 6. The summed E-state index contributed by atoms with van der Waals surface area (Å²) >= 11 is 0. The molecule has 1 atom stereocenters. The van der Waals surface area contributed by atoms with Crippen molar-refractivity contribution in [2.24, 2.45) is 0 Å². The van der Waals surface area contributed by atoms with Crippen molar-refractivity contribution >= 4 is 0 Å². The molecule has 5 nitrogen and oxygen atoms in total. The molecular weight excluding hydrogens is 297 g/mol. The molecule has 3 rings (SSSR count). The Morgan fingerprint density at radius 3 is 2.87 bits per heavy atom. The first-order chi connectivity index (χ1) is 11.2. The topological polar surface area (TPSA) is 50.4 Å². The van der Waals surface area contributed by atoms with Crippen molar-refractivity contribution in [2.75, 3.05) is 33.4 Å². The van der Waals surface area contributed by atoms with Gasteiger partial charge in [-0.15, -0.1) is 0 Å². The minimum atomic E-state index is -0.235. The number of hydrogen-bond acceptors (Lipinski definition) is 4. The molecule has 1 unspecified atom stereocenters. The van der Waals surface area contributed by atoms with Crippen LogP contribution in [-0.2, 0) is 16.0 Å². The molecule has 0 bridgehead atoms. The van der Waals surface area contributed by atoms with Gasteiger partial charge in [-0.3, -0.25) is 5.10 Å². The predicted molar refractivity (Wildman–Crippen MR) is 85.5 cm³/mol. The predicted octanol–water partition coefficient (Wildman–Crippen LogP) is 2.45. The Hall–Kier alpha value is -1.76. The Labute approximate surface area is 135 Å². The van der Waals surface area contributed by atoms with Crippen LogP contribution < -0.4 is 0 Å². The van der Waals surface area contributed by atoms with Crippen LogP contribution in [-0.4, -0.2) is 54.6 Å². The lowest BCUT2D eigenvalue weighted by atomic mass is 10.1.